The minimum atomic E-state index is -0.686. The maximum absolute atomic E-state index is 13.5. The topological polar surface area (TPSA) is 120 Å². The SMILES string of the molecule is COc1ccc(OC)c(-n2c(=O)c3ccccc3n(CC(=O)Nc3cc(C)[nH]n3)c2=O)c1. The molecule has 4 aromatic rings. The molecule has 0 saturated heterocycles. The highest BCUT2D eigenvalue weighted by atomic mass is 16.5. The van der Waals surface area contributed by atoms with Crippen molar-refractivity contribution in [1.82, 2.24) is 19.3 Å². The number of nitrogens with one attached hydrogen (secondary N) is 2. The molecule has 0 aliphatic carbocycles. The van der Waals surface area contributed by atoms with Gasteiger partial charge < -0.3 is 14.8 Å². The number of aromatic nitrogens is 4. The Labute approximate surface area is 182 Å². The molecule has 2 heterocycles. The lowest BCUT2D eigenvalue weighted by Crippen LogP contribution is -2.41. The van der Waals surface area contributed by atoms with E-state index in [1.165, 1.54) is 24.9 Å². The summed E-state index contributed by atoms with van der Waals surface area (Å²) in [5.74, 6) is 0.626. The van der Waals surface area contributed by atoms with Crippen molar-refractivity contribution in [2.75, 3.05) is 19.5 Å². The summed E-state index contributed by atoms with van der Waals surface area (Å²) in [6, 6.07) is 13.1. The van der Waals surface area contributed by atoms with E-state index in [1.807, 2.05) is 0 Å². The number of amides is 1. The number of para-hydroxylation sites is 1. The van der Waals surface area contributed by atoms with Gasteiger partial charge in [-0.2, -0.15) is 5.10 Å². The highest BCUT2D eigenvalue weighted by Crippen LogP contribution is 2.26. The zero-order chi connectivity index (χ0) is 22.8. The zero-order valence-corrected chi connectivity index (χ0v) is 17.7. The van der Waals surface area contributed by atoms with Crippen LogP contribution in [0.1, 0.15) is 5.69 Å². The molecule has 164 valence electrons. The number of aromatic amines is 1. The van der Waals surface area contributed by atoms with Crippen LogP contribution in [0.4, 0.5) is 5.82 Å². The normalized spacial score (nSPS) is 10.8. The van der Waals surface area contributed by atoms with Crippen LogP contribution in [-0.2, 0) is 11.3 Å². The van der Waals surface area contributed by atoms with Gasteiger partial charge in [0.2, 0.25) is 5.91 Å². The van der Waals surface area contributed by atoms with E-state index in [1.54, 1.807) is 49.4 Å². The van der Waals surface area contributed by atoms with Gasteiger partial charge in [0.05, 0.1) is 30.8 Å². The molecule has 0 aliphatic rings. The van der Waals surface area contributed by atoms with Crippen molar-refractivity contribution < 1.29 is 14.3 Å². The average Bonchev–Trinajstić information content (AvgIpc) is 3.20. The van der Waals surface area contributed by atoms with Crippen LogP contribution in [-0.4, -0.2) is 39.5 Å². The molecule has 2 aromatic carbocycles. The number of hydrogen-bond donors (Lipinski definition) is 2. The summed E-state index contributed by atoms with van der Waals surface area (Å²) < 4.78 is 12.8. The number of nitrogens with zero attached hydrogens (tertiary/aromatic N) is 3. The van der Waals surface area contributed by atoms with E-state index in [-0.39, 0.29) is 17.6 Å². The summed E-state index contributed by atoms with van der Waals surface area (Å²) in [4.78, 5) is 39.5. The van der Waals surface area contributed by atoms with Gasteiger partial charge in [-0.15, -0.1) is 0 Å². The molecular weight excluding hydrogens is 414 g/mol. The van der Waals surface area contributed by atoms with Crippen LogP contribution in [0.2, 0.25) is 0 Å². The van der Waals surface area contributed by atoms with Gasteiger partial charge in [0, 0.05) is 17.8 Å². The van der Waals surface area contributed by atoms with Crippen LogP contribution in [0.25, 0.3) is 16.6 Å². The smallest absolute Gasteiger partial charge is 0.336 e. The second-order valence-corrected chi connectivity index (χ2v) is 7.05. The standard InChI is InChI=1S/C22H21N5O5/c1-13-10-19(25-24-13)23-20(28)12-26-16-7-5-4-6-15(16)21(29)27(22(26)30)17-11-14(31-2)8-9-18(17)32-3/h4-11H,12H2,1-3H3,(H2,23,24,25,28). The van der Waals surface area contributed by atoms with Gasteiger partial charge in [-0.1, -0.05) is 12.1 Å². The fourth-order valence-electron chi connectivity index (χ4n) is 3.47. The second kappa shape index (κ2) is 8.42. The van der Waals surface area contributed by atoms with Crippen molar-refractivity contribution >= 4 is 22.6 Å². The number of carbonyl (C=O) groups excluding carboxylic acids is 1. The number of hydrogen-bond acceptors (Lipinski definition) is 6. The second-order valence-electron chi connectivity index (χ2n) is 7.05. The molecule has 10 heteroatoms. The van der Waals surface area contributed by atoms with E-state index < -0.39 is 17.2 Å². The Hall–Kier alpha value is -4.34. The maximum Gasteiger partial charge on any atom is 0.336 e. The molecule has 0 unspecified atom stereocenters. The van der Waals surface area contributed by atoms with E-state index in [2.05, 4.69) is 15.5 Å². The van der Waals surface area contributed by atoms with Crippen molar-refractivity contribution in [3.8, 4) is 17.2 Å². The molecule has 0 bridgehead atoms. The monoisotopic (exact) mass is 435 g/mol. The highest BCUT2D eigenvalue weighted by Gasteiger charge is 2.19. The van der Waals surface area contributed by atoms with Gasteiger partial charge in [0.15, 0.2) is 5.82 Å². The fraction of sp³-hybridized carbons (Fsp3) is 0.182. The first kappa shape index (κ1) is 20.9. The predicted octanol–water partition coefficient (Wildman–Crippen LogP) is 1.84. The van der Waals surface area contributed by atoms with Gasteiger partial charge in [0.25, 0.3) is 5.56 Å². The molecule has 0 spiro atoms. The van der Waals surface area contributed by atoms with Gasteiger partial charge >= 0.3 is 5.69 Å². The Bertz CT molecular complexity index is 1430. The molecule has 10 nitrogen and oxygen atoms in total. The molecule has 0 aliphatic heterocycles. The third-order valence-corrected chi connectivity index (χ3v) is 4.95. The highest BCUT2D eigenvalue weighted by molar-refractivity contribution is 5.90. The van der Waals surface area contributed by atoms with Gasteiger partial charge in [0.1, 0.15) is 18.0 Å². The van der Waals surface area contributed by atoms with Crippen LogP contribution >= 0.6 is 0 Å². The lowest BCUT2D eigenvalue weighted by atomic mass is 10.2. The fourth-order valence-corrected chi connectivity index (χ4v) is 3.47. The summed E-state index contributed by atoms with van der Waals surface area (Å²) in [7, 11) is 2.92. The first-order valence-electron chi connectivity index (χ1n) is 9.71. The summed E-state index contributed by atoms with van der Waals surface area (Å²) >= 11 is 0. The molecule has 0 radical (unpaired) electrons. The lowest BCUT2D eigenvalue weighted by molar-refractivity contribution is -0.116. The average molecular weight is 435 g/mol. The van der Waals surface area contributed by atoms with Gasteiger partial charge in [-0.25, -0.2) is 9.36 Å². The number of benzene rings is 2. The van der Waals surface area contributed by atoms with E-state index in [9.17, 15) is 14.4 Å². The molecule has 0 atom stereocenters. The number of carbonyl (C=O) groups is 1. The summed E-state index contributed by atoms with van der Waals surface area (Å²) in [6.07, 6.45) is 0. The quantitative estimate of drug-likeness (QED) is 0.477. The molecule has 4 rings (SSSR count). The molecule has 32 heavy (non-hydrogen) atoms. The Morgan fingerprint density at radius 1 is 1.09 bits per heavy atom. The Morgan fingerprint density at radius 2 is 1.88 bits per heavy atom. The van der Waals surface area contributed by atoms with Crippen molar-refractivity contribution in [3.05, 3.63) is 75.1 Å². The number of ether oxygens (including phenoxy) is 2. The molecule has 2 N–H and O–H groups in total. The van der Waals surface area contributed by atoms with Crippen LogP contribution in [0.3, 0.4) is 0 Å². The Kier molecular flexibility index (Phi) is 5.50. The molecular formula is C22H21N5O5. The number of rotatable bonds is 6. The van der Waals surface area contributed by atoms with Crippen molar-refractivity contribution in [2.45, 2.75) is 13.5 Å². The van der Waals surface area contributed by atoms with Crippen molar-refractivity contribution in [3.63, 3.8) is 0 Å². The number of fused-ring (bicyclic) bond motifs is 1. The van der Waals surface area contributed by atoms with Crippen LogP contribution in [0.5, 0.6) is 11.5 Å². The molecule has 0 saturated carbocycles. The first-order valence-corrected chi connectivity index (χ1v) is 9.71. The van der Waals surface area contributed by atoms with E-state index in [0.29, 0.717) is 22.8 Å². The lowest BCUT2D eigenvalue weighted by Gasteiger charge is -2.16. The Balaban J connectivity index is 1.90. The van der Waals surface area contributed by atoms with Gasteiger partial charge in [-0.3, -0.25) is 19.3 Å². The summed E-state index contributed by atoms with van der Waals surface area (Å²) in [6.45, 7) is 1.48. The summed E-state index contributed by atoms with van der Waals surface area (Å²) in [5.41, 5.74) is 0.116. The summed E-state index contributed by atoms with van der Waals surface area (Å²) in [5, 5.41) is 9.63. The van der Waals surface area contributed by atoms with Crippen molar-refractivity contribution in [1.29, 1.82) is 0 Å². The van der Waals surface area contributed by atoms with Crippen LogP contribution in [0, 0.1) is 6.92 Å². The third-order valence-electron chi connectivity index (χ3n) is 4.95. The van der Waals surface area contributed by atoms with Crippen LogP contribution in [0.15, 0.2) is 58.1 Å². The zero-order valence-electron chi connectivity index (χ0n) is 17.7. The van der Waals surface area contributed by atoms with E-state index in [0.717, 1.165) is 10.3 Å². The predicted molar refractivity (Wildman–Crippen MR) is 119 cm³/mol. The first-order chi connectivity index (χ1) is 15.4. The van der Waals surface area contributed by atoms with E-state index in [4.69, 9.17) is 9.47 Å². The van der Waals surface area contributed by atoms with E-state index >= 15 is 0 Å². The van der Waals surface area contributed by atoms with Crippen molar-refractivity contribution in [2.24, 2.45) is 0 Å². The third kappa shape index (κ3) is 3.73. The number of anilines is 1. The maximum atomic E-state index is 13.5. The number of H-pyrrole nitrogens is 1. The minimum absolute atomic E-state index is 0.213. The number of aryl methyl sites for hydroxylation is 1. The largest absolute Gasteiger partial charge is 0.497 e. The van der Waals surface area contributed by atoms with Crippen LogP contribution < -0.4 is 26.0 Å². The van der Waals surface area contributed by atoms with Gasteiger partial charge in [-0.05, 0) is 31.2 Å². The minimum Gasteiger partial charge on any atom is -0.497 e. The molecule has 1 amide bonds. The molecule has 0 fully saturated rings. The Morgan fingerprint density at radius 3 is 2.56 bits per heavy atom. The molecule has 2 aromatic heterocycles. The number of methoxy groups -OCH3 is 2.